The molecule has 1 saturated heterocycles. The van der Waals surface area contributed by atoms with Gasteiger partial charge in [-0.25, -0.2) is 0 Å². The lowest BCUT2D eigenvalue weighted by molar-refractivity contribution is -0.152. The minimum atomic E-state index is -0.491. The summed E-state index contributed by atoms with van der Waals surface area (Å²) in [6, 6.07) is 0.900. The zero-order chi connectivity index (χ0) is 15.1. The van der Waals surface area contributed by atoms with Crippen molar-refractivity contribution >= 4 is 11.8 Å². The number of rotatable bonds is 2. The Kier molecular flexibility index (Phi) is 3.58. The van der Waals surface area contributed by atoms with Gasteiger partial charge in [0.15, 0.2) is 0 Å². The van der Waals surface area contributed by atoms with Gasteiger partial charge < -0.3 is 10.2 Å². The molecule has 0 aliphatic carbocycles. The predicted octanol–water partition coefficient (Wildman–Crippen LogP) is 0.682. The Morgan fingerprint density at radius 2 is 2.00 bits per heavy atom. The van der Waals surface area contributed by atoms with Crippen molar-refractivity contribution in [3.63, 3.8) is 0 Å². The molecule has 0 spiro atoms. The van der Waals surface area contributed by atoms with Crippen molar-refractivity contribution in [2.24, 2.45) is 12.5 Å². The molecule has 0 radical (unpaired) electrons. The first kappa shape index (κ1) is 14.6. The molecule has 0 saturated carbocycles. The van der Waals surface area contributed by atoms with E-state index in [1.807, 2.05) is 40.1 Å². The first-order valence-corrected chi connectivity index (χ1v) is 6.79. The summed E-state index contributed by atoms with van der Waals surface area (Å²) in [4.78, 5) is 26.3. The largest absolute Gasteiger partial charge is 0.342 e. The van der Waals surface area contributed by atoms with Crippen LogP contribution in [0.4, 0.5) is 0 Å². The molecule has 110 valence electrons. The molecule has 1 aliphatic heterocycles. The van der Waals surface area contributed by atoms with E-state index in [9.17, 15) is 9.59 Å². The third-order valence-electron chi connectivity index (χ3n) is 3.63. The van der Waals surface area contributed by atoms with E-state index in [0.29, 0.717) is 6.54 Å². The van der Waals surface area contributed by atoms with Crippen LogP contribution in [0.5, 0.6) is 0 Å². The second-order valence-corrected chi connectivity index (χ2v) is 6.43. The Balaban J connectivity index is 2.24. The molecule has 1 aliphatic rings. The molecular weight excluding hydrogens is 256 g/mol. The Hall–Kier alpha value is -1.85. The van der Waals surface area contributed by atoms with Crippen LogP contribution in [-0.2, 0) is 23.2 Å². The number of hydrogen-bond acceptors (Lipinski definition) is 3. The van der Waals surface area contributed by atoms with Crippen molar-refractivity contribution in [2.75, 3.05) is 0 Å². The monoisotopic (exact) mass is 278 g/mol. The average molecular weight is 278 g/mol. The molecule has 1 aromatic rings. The van der Waals surface area contributed by atoms with Gasteiger partial charge in [0, 0.05) is 13.2 Å². The maximum absolute atomic E-state index is 12.6. The maximum Gasteiger partial charge on any atom is 0.246 e. The summed E-state index contributed by atoms with van der Waals surface area (Å²) in [6.07, 6.45) is 1.83. The Bertz CT molecular complexity index is 530. The fourth-order valence-corrected chi connectivity index (χ4v) is 2.35. The van der Waals surface area contributed by atoms with Crippen LogP contribution in [0.2, 0.25) is 0 Å². The number of nitrogens with one attached hydrogen (secondary N) is 1. The number of aromatic nitrogens is 2. The topological polar surface area (TPSA) is 67.2 Å². The molecule has 2 heterocycles. The maximum atomic E-state index is 12.6. The van der Waals surface area contributed by atoms with Gasteiger partial charge in [-0.1, -0.05) is 20.8 Å². The predicted molar refractivity (Wildman–Crippen MR) is 74.6 cm³/mol. The lowest BCUT2D eigenvalue weighted by Crippen LogP contribution is -2.65. The van der Waals surface area contributed by atoms with Crippen molar-refractivity contribution in [3.8, 4) is 0 Å². The smallest absolute Gasteiger partial charge is 0.246 e. The van der Waals surface area contributed by atoms with Gasteiger partial charge in [-0.15, -0.1) is 0 Å². The van der Waals surface area contributed by atoms with E-state index in [2.05, 4.69) is 10.4 Å². The van der Waals surface area contributed by atoms with Crippen LogP contribution in [0, 0.1) is 5.41 Å². The minimum Gasteiger partial charge on any atom is -0.342 e. The zero-order valence-electron chi connectivity index (χ0n) is 12.7. The van der Waals surface area contributed by atoms with E-state index < -0.39 is 12.1 Å². The lowest BCUT2D eigenvalue weighted by Gasteiger charge is -2.42. The highest BCUT2D eigenvalue weighted by molar-refractivity contribution is 5.97. The summed E-state index contributed by atoms with van der Waals surface area (Å²) in [5.41, 5.74) is 0.477. The standard InChI is InChI=1S/C14H22N4O2/c1-9-12(19)15-11(14(2,3)4)13(20)18(9)8-10-6-7-17(5)16-10/h6-7,9,11H,8H2,1-5H3,(H,15,19). The molecule has 2 atom stereocenters. The van der Waals surface area contributed by atoms with E-state index in [4.69, 9.17) is 0 Å². The lowest BCUT2D eigenvalue weighted by atomic mass is 9.84. The molecule has 2 unspecified atom stereocenters. The minimum absolute atomic E-state index is 0.0461. The van der Waals surface area contributed by atoms with Crippen molar-refractivity contribution in [1.29, 1.82) is 0 Å². The highest BCUT2D eigenvalue weighted by Crippen LogP contribution is 2.25. The van der Waals surface area contributed by atoms with Crippen LogP contribution >= 0.6 is 0 Å². The molecule has 1 fully saturated rings. The third-order valence-corrected chi connectivity index (χ3v) is 3.63. The van der Waals surface area contributed by atoms with E-state index >= 15 is 0 Å². The molecule has 0 aromatic carbocycles. The van der Waals surface area contributed by atoms with E-state index in [-0.39, 0.29) is 17.2 Å². The van der Waals surface area contributed by atoms with Crippen molar-refractivity contribution in [1.82, 2.24) is 20.0 Å². The molecular formula is C14H22N4O2. The summed E-state index contributed by atoms with van der Waals surface area (Å²) in [5.74, 6) is -0.157. The molecule has 0 bridgehead atoms. The Labute approximate surface area is 119 Å². The molecule has 1 aromatic heterocycles. The van der Waals surface area contributed by atoms with Crippen LogP contribution in [0.1, 0.15) is 33.4 Å². The van der Waals surface area contributed by atoms with Crippen LogP contribution in [-0.4, -0.2) is 38.6 Å². The molecule has 2 amide bonds. The summed E-state index contributed by atoms with van der Waals surface area (Å²) in [6.45, 7) is 7.95. The van der Waals surface area contributed by atoms with Gasteiger partial charge in [-0.05, 0) is 18.4 Å². The zero-order valence-corrected chi connectivity index (χ0v) is 12.7. The summed E-state index contributed by atoms with van der Waals surface area (Å²) < 4.78 is 1.69. The number of carbonyl (C=O) groups excluding carboxylic acids is 2. The van der Waals surface area contributed by atoms with Crippen LogP contribution in [0.3, 0.4) is 0 Å². The van der Waals surface area contributed by atoms with Gasteiger partial charge in [-0.3, -0.25) is 14.3 Å². The number of carbonyl (C=O) groups is 2. The molecule has 20 heavy (non-hydrogen) atoms. The van der Waals surface area contributed by atoms with E-state index in [1.165, 1.54) is 0 Å². The summed E-state index contributed by atoms with van der Waals surface area (Å²) in [7, 11) is 1.83. The summed E-state index contributed by atoms with van der Waals surface area (Å²) >= 11 is 0. The quantitative estimate of drug-likeness (QED) is 0.865. The third kappa shape index (κ3) is 2.69. The number of aryl methyl sites for hydroxylation is 1. The first-order valence-electron chi connectivity index (χ1n) is 6.79. The number of piperazine rings is 1. The molecule has 2 rings (SSSR count). The van der Waals surface area contributed by atoms with Crippen LogP contribution in [0.15, 0.2) is 12.3 Å². The normalized spacial score (nSPS) is 23.9. The van der Waals surface area contributed by atoms with Gasteiger partial charge in [0.2, 0.25) is 11.8 Å². The fourth-order valence-electron chi connectivity index (χ4n) is 2.35. The molecule has 6 nitrogen and oxygen atoms in total. The van der Waals surface area contributed by atoms with Crippen molar-refractivity contribution in [3.05, 3.63) is 18.0 Å². The number of hydrogen-bond donors (Lipinski definition) is 1. The SMILES string of the molecule is CC1C(=O)NC(C(C)(C)C)C(=O)N1Cc1ccn(C)n1. The second kappa shape index (κ2) is 4.92. The average Bonchev–Trinajstić information content (AvgIpc) is 2.73. The van der Waals surface area contributed by atoms with Gasteiger partial charge in [-0.2, -0.15) is 5.10 Å². The second-order valence-electron chi connectivity index (χ2n) is 6.43. The van der Waals surface area contributed by atoms with E-state index in [1.54, 1.807) is 16.5 Å². The molecule has 1 N–H and O–H groups in total. The van der Waals surface area contributed by atoms with Gasteiger partial charge in [0.25, 0.3) is 0 Å². The van der Waals surface area contributed by atoms with Crippen LogP contribution in [0.25, 0.3) is 0 Å². The van der Waals surface area contributed by atoms with Crippen LogP contribution < -0.4 is 5.32 Å². The highest BCUT2D eigenvalue weighted by atomic mass is 16.2. The Morgan fingerprint density at radius 1 is 1.35 bits per heavy atom. The Morgan fingerprint density at radius 3 is 2.50 bits per heavy atom. The van der Waals surface area contributed by atoms with E-state index in [0.717, 1.165) is 5.69 Å². The van der Waals surface area contributed by atoms with Crippen molar-refractivity contribution in [2.45, 2.75) is 46.3 Å². The fraction of sp³-hybridized carbons (Fsp3) is 0.643. The van der Waals surface area contributed by atoms with Gasteiger partial charge >= 0.3 is 0 Å². The molecule has 6 heteroatoms. The number of amides is 2. The van der Waals surface area contributed by atoms with Gasteiger partial charge in [0.1, 0.15) is 12.1 Å². The number of nitrogens with zero attached hydrogens (tertiary/aromatic N) is 3. The highest BCUT2D eigenvalue weighted by Gasteiger charge is 2.43. The summed E-state index contributed by atoms with van der Waals surface area (Å²) in [5, 5.41) is 7.10. The van der Waals surface area contributed by atoms with Crippen molar-refractivity contribution < 1.29 is 9.59 Å². The van der Waals surface area contributed by atoms with Gasteiger partial charge in [0.05, 0.1) is 12.2 Å². The first-order chi connectivity index (χ1) is 9.20.